The molecule has 1 N–H and O–H groups in total. The van der Waals surface area contributed by atoms with Crippen LogP contribution in [0.4, 0.5) is 0 Å². The molecular formula is C27H34N2O6. The van der Waals surface area contributed by atoms with Crippen molar-refractivity contribution in [2.45, 2.75) is 52.5 Å². The van der Waals surface area contributed by atoms with Crippen molar-refractivity contribution in [1.82, 2.24) is 9.88 Å². The summed E-state index contributed by atoms with van der Waals surface area (Å²) in [5, 5.41) is 2.49. The molecule has 8 nitrogen and oxygen atoms in total. The quantitative estimate of drug-likeness (QED) is 0.293. The Balaban J connectivity index is 1.50. The number of allylic oxidation sites excluding steroid dienone is 2. The number of hydrogen-bond acceptors (Lipinski definition) is 6. The number of ketones is 1. The number of aryl methyl sites for hydroxylation is 1. The molecule has 0 saturated heterocycles. The molecule has 1 aliphatic carbocycles. The predicted molar refractivity (Wildman–Crippen MR) is 132 cm³/mol. The highest BCUT2D eigenvalue weighted by Gasteiger charge is 2.18. The van der Waals surface area contributed by atoms with E-state index in [-0.39, 0.29) is 18.9 Å². The lowest BCUT2D eigenvalue weighted by molar-refractivity contribution is -0.141. The maximum absolute atomic E-state index is 12.7. The molecule has 1 aromatic heterocycles. The van der Waals surface area contributed by atoms with Crippen LogP contribution < -0.4 is 14.8 Å². The Bertz CT molecular complexity index is 1120. The summed E-state index contributed by atoms with van der Waals surface area (Å²) < 4.78 is 17.6. The summed E-state index contributed by atoms with van der Waals surface area (Å²) in [7, 11) is 2.97. The third-order valence-corrected chi connectivity index (χ3v) is 6.32. The number of esters is 1. The minimum absolute atomic E-state index is 0.263. The molecule has 0 radical (unpaired) electrons. The lowest BCUT2D eigenvalue weighted by Crippen LogP contribution is -2.31. The number of ether oxygens (including phenoxy) is 3. The Labute approximate surface area is 206 Å². The second-order valence-electron chi connectivity index (χ2n) is 8.63. The summed E-state index contributed by atoms with van der Waals surface area (Å²) in [5.74, 6) is -0.523. The van der Waals surface area contributed by atoms with E-state index in [4.69, 9.17) is 14.2 Å². The van der Waals surface area contributed by atoms with Crippen LogP contribution in [0.3, 0.4) is 0 Å². The van der Waals surface area contributed by atoms with Gasteiger partial charge < -0.3 is 24.1 Å². The molecule has 2 aromatic rings. The van der Waals surface area contributed by atoms with Gasteiger partial charge in [0.05, 0.1) is 14.2 Å². The first-order valence-electron chi connectivity index (χ1n) is 11.9. The van der Waals surface area contributed by atoms with Gasteiger partial charge in [-0.15, -0.1) is 0 Å². The largest absolute Gasteiger partial charge is 0.493 e. The molecule has 0 fully saturated rings. The van der Waals surface area contributed by atoms with Crippen LogP contribution in [-0.2, 0) is 16.1 Å². The third kappa shape index (κ3) is 6.74. The lowest BCUT2D eigenvalue weighted by Gasteiger charge is -2.15. The second-order valence-corrected chi connectivity index (χ2v) is 8.63. The minimum atomic E-state index is -0.690. The summed E-state index contributed by atoms with van der Waals surface area (Å²) in [6, 6.07) is 6.53. The summed E-state index contributed by atoms with van der Waals surface area (Å²) in [6.07, 6.45) is 8.15. The van der Waals surface area contributed by atoms with Gasteiger partial charge in [0.15, 0.2) is 18.1 Å². The zero-order valence-corrected chi connectivity index (χ0v) is 20.9. The van der Waals surface area contributed by atoms with E-state index >= 15 is 0 Å². The SMILES string of the molecule is COc1ccc(C(=O)NCC(=O)OCC(=O)c2cc(C)n(CCC3=CCCCC3)c2C)cc1OC. The van der Waals surface area contributed by atoms with E-state index in [1.807, 2.05) is 19.9 Å². The van der Waals surface area contributed by atoms with Crippen LogP contribution in [0.5, 0.6) is 11.5 Å². The number of rotatable bonds is 11. The molecule has 0 spiro atoms. The van der Waals surface area contributed by atoms with Gasteiger partial charge in [0.25, 0.3) is 5.91 Å². The van der Waals surface area contributed by atoms with Gasteiger partial charge >= 0.3 is 5.97 Å². The van der Waals surface area contributed by atoms with Crippen molar-refractivity contribution in [3.63, 3.8) is 0 Å². The Morgan fingerprint density at radius 3 is 2.49 bits per heavy atom. The molecule has 1 heterocycles. The number of Topliss-reactive ketones (excluding diaryl/α,β-unsaturated/α-hetero) is 1. The van der Waals surface area contributed by atoms with Gasteiger partial charge in [-0.3, -0.25) is 14.4 Å². The lowest BCUT2D eigenvalue weighted by atomic mass is 9.97. The number of methoxy groups -OCH3 is 2. The van der Waals surface area contributed by atoms with E-state index in [1.165, 1.54) is 38.7 Å². The number of hydrogen-bond donors (Lipinski definition) is 1. The average Bonchev–Trinajstić information content (AvgIpc) is 3.17. The standard InChI is InChI=1S/C27H34N2O6/c1-18-14-22(19(2)29(18)13-12-20-8-6-5-7-9-20)23(30)17-35-26(31)16-28-27(32)21-10-11-24(33-3)25(15-21)34-4/h8,10-11,14-15H,5-7,9,12-13,16-17H2,1-4H3,(H,28,32). The number of carbonyl (C=O) groups is 3. The molecule has 1 aromatic carbocycles. The number of nitrogens with zero attached hydrogens (tertiary/aromatic N) is 1. The van der Waals surface area contributed by atoms with Gasteiger partial charge in [-0.2, -0.15) is 0 Å². The van der Waals surface area contributed by atoms with Gasteiger partial charge in [0, 0.05) is 29.1 Å². The van der Waals surface area contributed by atoms with E-state index in [2.05, 4.69) is 16.0 Å². The van der Waals surface area contributed by atoms with Crippen LogP contribution in [0.2, 0.25) is 0 Å². The monoisotopic (exact) mass is 482 g/mol. The van der Waals surface area contributed by atoms with E-state index < -0.39 is 11.9 Å². The van der Waals surface area contributed by atoms with Gasteiger partial charge in [-0.1, -0.05) is 11.6 Å². The van der Waals surface area contributed by atoms with Crippen molar-refractivity contribution in [1.29, 1.82) is 0 Å². The van der Waals surface area contributed by atoms with Crippen molar-refractivity contribution in [3.05, 3.63) is 58.4 Å². The molecule has 35 heavy (non-hydrogen) atoms. The maximum Gasteiger partial charge on any atom is 0.325 e. The summed E-state index contributed by atoms with van der Waals surface area (Å²) >= 11 is 0. The highest BCUT2D eigenvalue weighted by Crippen LogP contribution is 2.27. The molecule has 8 heteroatoms. The van der Waals surface area contributed by atoms with E-state index in [1.54, 1.807) is 12.1 Å². The topological polar surface area (TPSA) is 95.9 Å². The van der Waals surface area contributed by atoms with Crippen molar-refractivity contribution in [3.8, 4) is 11.5 Å². The zero-order valence-electron chi connectivity index (χ0n) is 20.9. The number of amides is 1. The zero-order chi connectivity index (χ0) is 25.4. The van der Waals surface area contributed by atoms with Gasteiger partial charge in [-0.25, -0.2) is 0 Å². The number of nitrogens with one attached hydrogen (secondary N) is 1. The maximum atomic E-state index is 12.7. The van der Waals surface area contributed by atoms with Crippen LogP contribution in [-0.4, -0.2) is 49.6 Å². The van der Waals surface area contributed by atoms with Crippen LogP contribution in [0, 0.1) is 13.8 Å². The second kappa shape index (κ2) is 12.2. The Morgan fingerprint density at radius 1 is 1.03 bits per heavy atom. The summed E-state index contributed by atoms with van der Waals surface area (Å²) in [5.41, 5.74) is 4.24. The third-order valence-electron chi connectivity index (χ3n) is 6.32. The first-order chi connectivity index (χ1) is 16.8. The molecule has 1 aliphatic rings. The van der Waals surface area contributed by atoms with Gasteiger partial charge in [0.1, 0.15) is 6.54 Å². The Hall–Kier alpha value is -3.55. The molecule has 0 aliphatic heterocycles. The molecule has 3 rings (SSSR count). The number of aromatic nitrogens is 1. The summed E-state index contributed by atoms with van der Waals surface area (Å²) in [4.78, 5) is 37.2. The van der Waals surface area contributed by atoms with Crippen molar-refractivity contribution in [2.75, 3.05) is 27.4 Å². The average molecular weight is 483 g/mol. The van der Waals surface area contributed by atoms with Crippen LogP contribution in [0.15, 0.2) is 35.9 Å². The fraction of sp³-hybridized carbons (Fsp3) is 0.444. The summed E-state index contributed by atoms with van der Waals surface area (Å²) in [6.45, 7) is 4.00. The number of benzene rings is 1. The predicted octanol–water partition coefficient (Wildman–Crippen LogP) is 4.17. The fourth-order valence-electron chi connectivity index (χ4n) is 4.32. The normalized spacial score (nSPS) is 13.1. The fourth-order valence-corrected chi connectivity index (χ4v) is 4.32. The van der Waals surface area contributed by atoms with Crippen molar-refractivity contribution in [2.24, 2.45) is 0 Å². The Morgan fingerprint density at radius 2 is 1.80 bits per heavy atom. The minimum Gasteiger partial charge on any atom is -0.493 e. The molecule has 188 valence electrons. The van der Waals surface area contributed by atoms with Crippen LogP contribution in [0.1, 0.15) is 64.2 Å². The highest BCUT2D eigenvalue weighted by atomic mass is 16.5. The van der Waals surface area contributed by atoms with Gasteiger partial charge in [0.2, 0.25) is 5.78 Å². The smallest absolute Gasteiger partial charge is 0.325 e. The van der Waals surface area contributed by atoms with Crippen LogP contribution in [0.25, 0.3) is 0 Å². The van der Waals surface area contributed by atoms with E-state index in [0.29, 0.717) is 22.6 Å². The van der Waals surface area contributed by atoms with E-state index in [0.717, 1.165) is 37.2 Å². The molecule has 0 bridgehead atoms. The molecule has 0 atom stereocenters. The highest BCUT2D eigenvalue weighted by molar-refractivity contribution is 6.00. The van der Waals surface area contributed by atoms with Crippen molar-refractivity contribution < 1.29 is 28.6 Å². The number of carbonyl (C=O) groups excluding carboxylic acids is 3. The Kier molecular flexibility index (Phi) is 9.11. The molecule has 0 unspecified atom stereocenters. The molecule has 0 saturated carbocycles. The molecule has 1 amide bonds. The van der Waals surface area contributed by atoms with E-state index in [9.17, 15) is 14.4 Å². The first-order valence-corrected chi connectivity index (χ1v) is 11.9. The molecular weight excluding hydrogens is 448 g/mol. The van der Waals surface area contributed by atoms with Gasteiger partial charge in [-0.05, 0) is 70.2 Å². The van der Waals surface area contributed by atoms with Crippen molar-refractivity contribution >= 4 is 17.7 Å². The first kappa shape index (κ1) is 26.1. The van der Waals surface area contributed by atoms with Crippen LogP contribution >= 0.6 is 0 Å².